The van der Waals surface area contributed by atoms with Crippen molar-refractivity contribution in [1.29, 1.82) is 0 Å². The molecule has 7 heteroatoms. The van der Waals surface area contributed by atoms with Crippen LogP contribution in [0.4, 0.5) is 5.69 Å². The van der Waals surface area contributed by atoms with Crippen LogP contribution in [0, 0.1) is 19.8 Å². The van der Waals surface area contributed by atoms with Crippen LogP contribution in [0.15, 0.2) is 47.6 Å². The number of hydrogen-bond donors (Lipinski definition) is 0. The lowest BCUT2D eigenvalue weighted by molar-refractivity contribution is -0.118. The van der Waals surface area contributed by atoms with E-state index in [0.717, 1.165) is 33.7 Å². The van der Waals surface area contributed by atoms with Gasteiger partial charge in [-0.15, -0.1) is 10.2 Å². The van der Waals surface area contributed by atoms with Gasteiger partial charge >= 0.3 is 0 Å². The topological polar surface area (TPSA) is 68.2 Å². The van der Waals surface area contributed by atoms with Gasteiger partial charge in [-0.05, 0) is 31.4 Å². The van der Waals surface area contributed by atoms with Gasteiger partial charge in [-0.2, -0.15) is 4.98 Å². The van der Waals surface area contributed by atoms with E-state index in [2.05, 4.69) is 36.2 Å². The summed E-state index contributed by atoms with van der Waals surface area (Å²) < 4.78 is 6.46. The fraction of sp³-hybridized carbons (Fsp3) is 0.333. The van der Waals surface area contributed by atoms with Crippen LogP contribution >= 0.6 is 11.8 Å². The molecule has 0 N–H and O–H groups in total. The van der Waals surface area contributed by atoms with Gasteiger partial charge in [-0.3, -0.25) is 9.69 Å². The maximum Gasteiger partial charge on any atom is 0.247 e. The largest absolute Gasteiger partial charge is 0.447 e. The number of rotatable bonds is 4. The Morgan fingerprint density at radius 2 is 1.94 bits per heavy atom. The minimum Gasteiger partial charge on any atom is -0.447 e. The van der Waals surface area contributed by atoms with E-state index < -0.39 is 6.23 Å². The molecule has 1 aliphatic heterocycles. The lowest BCUT2D eigenvalue weighted by Crippen LogP contribution is -2.36. The van der Waals surface area contributed by atoms with Crippen molar-refractivity contribution in [2.45, 2.75) is 46.0 Å². The van der Waals surface area contributed by atoms with Crippen LogP contribution in [-0.4, -0.2) is 26.8 Å². The Labute approximate surface area is 187 Å². The van der Waals surface area contributed by atoms with Crippen molar-refractivity contribution in [3.63, 3.8) is 0 Å². The monoisotopic (exact) mass is 434 g/mol. The second-order valence-corrected chi connectivity index (χ2v) is 9.18. The van der Waals surface area contributed by atoms with E-state index in [1.54, 1.807) is 23.6 Å². The average molecular weight is 435 g/mol. The summed E-state index contributed by atoms with van der Waals surface area (Å²) in [6.07, 6.45) is -0.653. The van der Waals surface area contributed by atoms with Gasteiger partial charge in [0.25, 0.3) is 0 Å². The Morgan fingerprint density at radius 3 is 2.68 bits per heavy atom. The van der Waals surface area contributed by atoms with Crippen molar-refractivity contribution >= 4 is 23.4 Å². The number of benzene rings is 2. The third-order valence-electron chi connectivity index (χ3n) is 5.10. The molecule has 0 radical (unpaired) electrons. The summed E-state index contributed by atoms with van der Waals surface area (Å²) in [7, 11) is 0. The molecule has 160 valence electrons. The summed E-state index contributed by atoms with van der Waals surface area (Å²) in [5, 5.41) is 9.36. The quantitative estimate of drug-likeness (QED) is 0.516. The molecule has 0 saturated carbocycles. The Kier molecular flexibility index (Phi) is 5.96. The standard InChI is InChI=1S/C24H26N4O2S/c1-14(2)13-31-24-25-22-21(26-27-24)18-8-6-7-9-20(18)28(17(5)29)23(30-22)19-12-15(3)10-11-16(19)4/h6-12,14,23H,13H2,1-5H3. The van der Waals surface area contributed by atoms with E-state index in [1.165, 1.54) is 0 Å². The molecule has 0 bridgehead atoms. The van der Waals surface area contributed by atoms with Gasteiger partial charge in [0.05, 0.1) is 5.69 Å². The maximum atomic E-state index is 12.9. The van der Waals surface area contributed by atoms with Gasteiger partial charge < -0.3 is 4.74 Å². The minimum atomic E-state index is -0.653. The number of aromatic nitrogens is 3. The fourth-order valence-corrected chi connectivity index (χ4v) is 4.31. The molecule has 1 aromatic heterocycles. The number of thioether (sulfide) groups is 1. The third-order valence-corrected chi connectivity index (χ3v) is 6.36. The minimum absolute atomic E-state index is 0.117. The number of fused-ring (bicyclic) bond motifs is 3. The molecule has 3 aromatic rings. The highest BCUT2D eigenvalue weighted by Crippen LogP contribution is 2.43. The van der Waals surface area contributed by atoms with Crippen LogP contribution in [-0.2, 0) is 4.79 Å². The van der Waals surface area contributed by atoms with Crippen LogP contribution in [0.3, 0.4) is 0 Å². The highest BCUT2D eigenvalue weighted by molar-refractivity contribution is 7.99. The van der Waals surface area contributed by atoms with E-state index in [-0.39, 0.29) is 5.91 Å². The molecule has 2 heterocycles. The van der Waals surface area contributed by atoms with Crippen molar-refractivity contribution in [2.24, 2.45) is 5.92 Å². The van der Waals surface area contributed by atoms with Crippen LogP contribution in [0.1, 0.15) is 43.7 Å². The molecule has 1 atom stereocenters. The smallest absolute Gasteiger partial charge is 0.247 e. The zero-order chi connectivity index (χ0) is 22.1. The molecule has 1 amide bonds. The highest BCUT2D eigenvalue weighted by atomic mass is 32.2. The van der Waals surface area contributed by atoms with E-state index in [1.807, 2.05) is 44.2 Å². The van der Waals surface area contributed by atoms with E-state index in [0.29, 0.717) is 22.6 Å². The van der Waals surface area contributed by atoms with Crippen molar-refractivity contribution in [3.05, 3.63) is 59.2 Å². The zero-order valence-electron chi connectivity index (χ0n) is 18.4. The Balaban J connectivity index is 1.91. The van der Waals surface area contributed by atoms with Crippen molar-refractivity contribution in [3.8, 4) is 17.1 Å². The van der Waals surface area contributed by atoms with Gasteiger partial charge in [0.1, 0.15) is 0 Å². The molecule has 0 saturated heterocycles. The molecule has 1 aliphatic rings. The van der Waals surface area contributed by atoms with E-state index >= 15 is 0 Å². The van der Waals surface area contributed by atoms with Crippen LogP contribution < -0.4 is 9.64 Å². The Hall–Kier alpha value is -2.93. The molecular formula is C24H26N4O2S. The van der Waals surface area contributed by atoms with Gasteiger partial charge in [0.2, 0.25) is 23.2 Å². The number of para-hydroxylation sites is 1. The summed E-state index contributed by atoms with van der Waals surface area (Å²) >= 11 is 1.55. The summed E-state index contributed by atoms with van der Waals surface area (Å²) in [6.45, 7) is 9.91. The maximum absolute atomic E-state index is 12.9. The Bertz CT molecular complexity index is 1130. The van der Waals surface area contributed by atoms with Crippen LogP contribution in [0.5, 0.6) is 5.88 Å². The molecule has 1 unspecified atom stereocenters. The number of ether oxygens (including phenoxy) is 1. The second-order valence-electron chi connectivity index (χ2n) is 8.19. The average Bonchev–Trinajstić information content (AvgIpc) is 2.88. The fourth-order valence-electron chi connectivity index (χ4n) is 3.58. The molecule has 2 aromatic carbocycles. The van der Waals surface area contributed by atoms with Crippen molar-refractivity contribution < 1.29 is 9.53 Å². The summed E-state index contributed by atoms with van der Waals surface area (Å²) in [5.41, 5.74) is 5.12. The summed E-state index contributed by atoms with van der Waals surface area (Å²) in [4.78, 5) is 19.3. The zero-order valence-corrected chi connectivity index (χ0v) is 19.2. The highest BCUT2D eigenvalue weighted by Gasteiger charge is 2.35. The molecule has 0 aliphatic carbocycles. The number of amides is 1. The SMILES string of the molecule is CC(=O)N1c2ccccc2-c2nnc(SCC(C)C)nc2OC1c1cc(C)ccc1C. The number of nitrogens with zero attached hydrogens (tertiary/aromatic N) is 4. The molecule has 31 heavy (non-hydrogen) atoms. The van der Waals surface area contributed by atoms with E-state index in [9.17, 15) is 4.79 Å². The van der Waals surface area contributed by atoms with Crippen LogP contribution in [0.25, 0.3) is 11.3 Å². The predicted octanol–water partition coefficient (Wildman–Crippen LogP) is 5.35. The first-order chi connectivity index (χ1) is 14.8. The van der Waals surface area contributed by atoms with E-state index in [4.69, 9.17) is 9.72 Å². The van der Waals surface area contributed by atoms with Crippen molar-refractivity contribution in [2.75, 3.05) is 10.7 Å². The lowest BCUT2D eigenvalue weighted by Gasteiger charge is -2.31. The summed E-state index contributed by atoms with van der Waals surface area (Å²) in [6, 6.07) is 13.8. The first kappa shape index (κ1) is 21.3. The Morgan fingerprint density at radius 1 is 1.16 bits per heavy atom. The first-order valence-corrected chi connectivity index (χ1v) is 11.3. The number of anilines is 1. The second kappa shape index (κ2) is 8.67. The molecule has 0 spiro atoms. The first-order valence-electron chi connectivity index (χ1n) is 10.4. The number of hydrogen-bond acceptors (Lipinski definition) is 6. The lowest BCUT2D eigenvalue weighted by atomic mass is 10.0. The van der Waals surface area contributed by atoms with Crippen molar-refractivity contribution in [1.82, 2.24) is 15.2 Å². The van der Waals surface area contributed by atoms with Gasteiger partial charge in [-0.25, -0.2) is 0 Å². The summed E-state index contributed by atoms with van der Waals surface area (Å²) in [5.74, 6) is 1.67. The van der Waals surface area contributed by atoms with Gasteiger partial charge in [-0.1, -0.05) is 67.6 Å². The molecular weight excluding hydrogens is 408 g/mol. The van der Waals surface area contributed by atoms with Gasteiger partial charge in [0.15, 0.2) is 5.69 Å². The predicted molar refractivity (Wildman–Crippen MR) is 123 cm³/mol. The molecule has 4 rings (SSSR count). The number of carbonyl (C=O) groups is 1. The van der Waals surface area contributed by atoms with Gasteiger partial charge in [0, 0.05) is 23.8 Å². The third kappa shape index (κ3) is 4.28. The normalized spacial score (nSPS) is 15.2. The number of aryl methyl sites for hydroxylation is 2. The van der Waals surface area contributed by atoms with Crippen LogP contribution in [0.2, 0.25) is 0 Å². The number of carbonyl (C=O) groups excluding carboxylic acids is 1. The molecule has 0 fully saturated rings. The molecule has 6 nitrogen and oxygen atoms in total.